The first-order chi connectivity index (χ1) is 7.97. The number of fused-ring (bicyclic) bond motifs is 1. The van der Waals surface area contributed by atoms with Crippen LogP contribution in [0.2, 0.25) is 0 Å². The zero-order valence-corrected chi connectivity index (χ0v) is 9.67. The molecule has 0 saturated heterocycles. The molecule has 0 aliphatic rings. The van der Waals surface area contributed by atoms with Crippen LogP contribution in [0.3, 0.4) is 0 Å². The quantitative estimate of drug-likeness (QED) is 0.703. The molecule has 0 fully saturated rings. The lowest BCUT2D eigenvalue weighted by atomic mass is 10.1. The smallest absolute Gasteiger partial charge is 0.307 e. The SMILES string of the molecule is C=O.O=S(=O)(O)O.c1ccc2ccccc2c1. The van der Waals surface area contributed by atoms with E-state index in [2.05, 4.69) is 48.5 Å². The molecule has 0 saturated carbocycles. The highest BCUT2D eigenvalue weighted by Crippen LogP contribution is 2.11. The van der Waals surface area contributed by atoms with Crippen molar-refractivity contribution in [1.29, 1.82) is 0 Å². The number of rotatable bonds is 0. The second-order valence-electron chi connectivity index (χ2n) is 2.79. The summed E-state index contributed by atoms with van der Waals surface area (Å²) in [5.74, 6) is 0. The molecule has 0 aliphatic carbocycles. The van der Waals surface area contributed by atoms with Crippen LogP contribution in [-0.2, 0) is 15.2 Å². The molecule has 17 heavy (non-hydrogen) atoms. The summed E-state index contributed by atoms with van der Waals surface area (Å²) < 4.78 is 31.6. The minimum absolute atomic E-state index is 1.31. The molecule has 2 N–H and O–H groups in total. The molecule has 0 atom stereocenters. The third kappa shape index (κ3) is 8.09. The van der Waals surface area contributed by atoms with Gasteiger partial charge in [-0.05, 0) is 10.8 Å². The van der Waals surface area contributed by atoms with Crippen molar-refractivity contribution >= 4 is 28.0 Å². The van der Waals surface area contributed by atoms with Crippen molar-refractivity contribution in [3.63, 3.8) is 0 Å². The normalized spacial score (nSPS) is 9.53. The van der Waals surface area contributed by atoms with Crippen molar-refractivity contribution in [2.24, 2.45) is 0 Å². The summed E-state index contributed by atoms with van der Waals surface area (Å²) in [4.78, 5) is 8.00. The Balaban J connectivity index is 0.000000315. The molecule has 2 aromatic carbocycles. The van der Waals surface area contributed by atoms with E-state index in [1.165, 1.54) is 10.8 Å². The number of carbonyl (C=O) groups excluding carboxylic acids is 1. The van der Waals surface area contributed by atoms with Crippen molar-refractivity contribution in [2.75, 3.05) is 0 Å². The maximum Gasteiger partial charge on any atom is 0.394 e. The van der Waals surface area contributed by atoms with Crippen molar-refractivity contribution in [1.82, 2.24) is 0 Å². The Morgan fingerprint density at radius 2 is 0.941 bits per heavy atom. The average molecular weight is 256 g/mol. The Labute approximate surface area is 99.3 Å². The molecular weight excluding hydrogens is 244 g/mol. The topological polar surface area (TPSA) is 91.7 Å². The first-order valence-electron chi connectivity index (χ1n) is 4.39. The van der Waals surface area contributed by atoms with Gasteiger partial charge in [-0.2, -0.15) is 8.42 Å². The Kier molecular flexibility index (Phi) is 6.73. The molecule has 2 aromatic rings. The second-order valence-corrected chi connectivity index (χ2v) is 3.69. The van der Waals surface area contributed by atoms with E-state index in [4.69, 9.17) is 22.3 Å². The van der Waals surface area contributed by atoms with Gasteiger partial charge in [0, 0.05) is 0 Å². The molecule has 0 aromatic heterocycles. The fraction of sp³-hybridized carbons (Fsp3) is 0. The van der Waals surface area contributed by atoms with E-state index in [0.717, 1.165) is 0 Å². The van der Waals surface area contributed by atoms with Crippen LogP contribution in [0.25, 0.3) is 10.8 Å². The summed E-state index contributed by atoms with van der Waals surface area (Å²) in [5, 5.41) is 2.62. The summed E-state index contributed by atoms with van der Waals surface area (Å²) in [6, 6.07) is 16.7. The predicted octanol–water partition coefficient (Wildman–Crippen LogP) is 2.00. The average Bonchev–Trinajstić information content (AvgIpc) is 2.30. The van der Waals surface area contributed by atoms with E-state index in [1.807, 2.05) is 6.79 Å². The number of hydrogen-bond acceptors (Lipinski definition) is 3. The van der Waals surface area contributed by atoms with Gasteiger partial charge in [0.1, 0.15) is 6.79 Å². The van der Waals surface area contributed by atoms with Gasteiger partial charge >= 0.3 is 10.4 Å². The lowest BCUT2D eigenvalue weighted by molar-refractivity contribution is -0.0980. The molecule has 0 radical (unpaired) electrons. The third-order valence-electron chi connectivity index (χ3n) is 1.66. The summed E-state index contributed by atoms with van der Waals surface area (Å²) in [6.07, 6.45) is 0. The van der Waals surface area contributed by atoms with Crippen LogP contribution in [0.4, 0.5) is 0 Å². The van der Waals surface area contributed by atoms with Gasteiger partial charge in [-0.25, -0.2) is 0 Å². The molecule has 0 amide bonds. The molecule has 92 valence electrons. The highest BCUT2D eigenvalue weighted by atomic mass is 32.3. The van der Waals surface area contributed by atoms with Crippen molar-refractivity contribution in [2.45, 2.75) is 0 Å². The van der Waals surface area contributed by atoms with Gasteiger partial charge in [-0.15, -0.1) is 0 Å². The van der Waals surface area contributed by atoms with E-state index in [-0.39, 0.29) is 0 Å². The van der Waals surface area contributed by atoms with Crippen molar-refractivity contribution in [3.8, 4) is 0 Å². The lowest BCUT2D eigenvalue weighted by Gasteiger charge is -1.92. The fourth-order valence-corrected chi connectivity index (χ4v) is 1.13. The molecule has 0 unspecified atom stereocenters. The third-order valence-corrected chi connectivity index (χ3v) is 1.66. The predicted molar refractivity (Wildman–Crippen MR) is 65.2 cm³/mol. The Morgan fingerprint density at radius 3 is 1.12 bits per heavy atom. The molecule has 2 rings (SSSR count). The molecule has 0 aliphatic heterocycles. The van der Waals surface area contributed by atoms with Gasteiger partial charge in [-0.1, -0.05) is 48.5 Å². The summed E-state index contributed by atoms with van der Waals surface area (Å²) in [7, 11) is -4.67. The van der Waals surface area contributed by atoms with Crippen LogP contribution in [0.5, 0.6) is 0 Å². The zero-order valence-electron chi connectivity index (χ0n) is 8.85. The number of carbonyl (C=O) groups is 1. The molecule has 5 nitrogen and oxygen atoms in total. The van der Waals surface area contributed by atoms with E-state index in [0.29, 0.717) is 0 Å². The monoisotopic (exact) mass is 256 g/mol. The van der Waals surface area contributed by atoms with Crippen LogP contribution >= 0.6 is 0 Å². The van der Waals surface area contributed by atoms with Gasteiger partial charge in [0.05, 0.1) is 0 Å². The van der Waals surface area contributed by atoms with E-state index in [9.17, 15) is 0 Å². The first-order valence-corrected chi connectivity index (χ1v) is 5.79. The fourth-order valence-electron chi connectivity index (χ4n) is 1.13. The van der Waals surface area contributed by atoms with Gasteiger partial charge in [0.2, 0.25) is 0 Å². The highest BCUT2D eigenvalue weighted by molar-refractivity contribution is 7.79. The maximum atomic E-state index is 8.74. The minimum Gasteiger partial charge on any atom is -0.307 e. The first kappa shape index (κ1) is 15.2. The van der Waals surface area contributed by atoms with Crippen LogP contribution in [0, 0.1) is 0 Å². The van der Waals surface area contributed by atoms with Crippen LogP contribution < -0.4 is 0 Å². The lowest BCUT2D eigenvalue weighted by Crippen LogP contribution is -1.89. The molecule has 0 bridgehead atoms. The molecule has 0 heterocycles. The minimum atomic E-state index is -4.67. The van der Waals surface area contributed by atoms with E-state index >= 15 is 0 Å². The van der Waals surface area contributed by atoms with Crippen molar-refractivity contribution in [3.05, 3.63) is 48.5 Å². The second kappa shape index (κ2) is 7.50. The van der Waals surface area contributed by atoms with Crippen LogP contribution in [0.1, 0.15) is 0 Å². The summed E-state index contributed by atoms with van der Waals surface area (Å²) in [6.45, 7) is 2.00. The van der Waals surface area contributed by atoms with Gasteiger partial charge in [0.15, 0.2) is 0 Å². The van der Waals surface area contributed by atoms with Crippen LogP contribution in [0.15, 0.2) is 48.5 Å². The highest BCUT2D eigenvalue weighted by Gasteiger charge is 1.85. The van der Waals surface area contributed by atoms with Gasteiger partial charge < -0.3 is 4.79 Å². The Morgan fingerprint density at radius 1 is 0.765 bits per heavy atom. The van der Waals surface area contributed by atoms with E-state index in [1.54, 1.807) is 0 Å². The molecular formula is C11H12O5S. The molecule has 0 spiro atoms. The zero-order chi connectivity index (χ0) is 13.3. The maximum absolute atomic E-state index is 8.74. The van der Waals surface area contributed by atoms with Crippen molar-refractivity contribution < 1.29 is 22.3 Å². The van der Waals surface area contributed by atoms with Crippen LogP contribution in [-0.4, -0.2) is 24.3 Å². The van der Waals surface area contributed by atoms with E-state index < -0.39 is 10.4 Å². The van der Waals surface area contributed by atoms with Gasteiger partial charge in [0.25, 0.3) is 0 Å². The van der Waals surface area contributed by atoms with Gasteiger partial charge in [-0.3, -0.25) is 9.11 Å². The number of hydrogen-bond donors (Lipinski definition) is 2. The Hall–Kier alpha value is -1.76. The molecule has 6 heteroatoms. The summed E-state index contributed by atoms with van der Waals surface area (Å²) in [5.41, 5.74) is 0. The summed E-state index contributed by atoms with van der Waals surface area (Å²) >= 11 is 0. The standard InChI is InChI=1S/C10H8.CH2O.H2O4S/c1-2-6-10-8-4-3-7-9(10)5-1;1-2;1-5(2,3)4/h1-8H;1H2;(H2,1,2,3,4). The Bertz CT molecular complexity index is 477. The number of benzene rings is 2. The largest absolute Gasteiger partial charge is 0.394 e.